The predicted octanol–water partition coefficient (Wildman–Crippen LogP) is 1.89. The molecule has 2 unspecified atom stereocenters. The second kappa shape index (κ2) is 4.15. The molecule has 1 heterocycles. The van der Waals surface area contributed by atoms with Crippen molar-refractivity contribution in [3.63, 3.8) is 0 Å². The van der Waals surface area contributed by atoms with Gasteiger partial charge in [0, 0.05) is 29.9 Å². The quantitative estimate of drug-likeness (QED) is 0.817. The molecule has 0 amide bonds. The van der Waals surface area contributed by atoms with Crippen LogP contribution in [0.25, 0.3) is 0 Å². The second-order valence-corrected chi connectivity index (χ2v) is 5.30. The van der Waals surface area contributed by atoms with Crippen LogP contribution in [-0.4, -0.2) is 22.2 Å². The zero-order chi connectivity index (χ0) is 11.8. The number of hydrogen-bond donors (Lipinski definition) is 2. The highest BCUT2D eigenvalue weighted by Gasteiger charge is 2.47. The lowest BCUT2D eigenvalue weighted by atomic mass is 9.64. The van der Waals surface area contributed by atoms with Crippen LogP contribution in [0.2, 0.25) is 0 Å². The normalized spacial score (nSPS) is 29.5. The van der Waals surface area contributed by atoms with Crippen molar-refractivity contribution in [3.8, 4) is 0 Å². The first-order valence-corrected chi connectivity index (χ1v) is 5.86. The molecule has 0 aromatic carbocycles. The summed E-state index contributed by atoms with van der Waals surface area (Å²) in [6, 6.07) is 4.70. The largest absolute Gasteiger partial charge is 0.392 e. The van der Waals surface area contributed by atoms with Gasteiger partial charge in [-0.15, -0.1) is 0 Å². The number of pyridine rings is 1. The van der Waals surface area contributed by atoms with E-state index in [-0.39, 0.29) is 17.6 Å². The Bertz CT molecular complexity index is 350. The molecule has 0 radical (unpaired) electrons. The second-order valence-electron chi connectivity index (χ2n) is 5.30. The highest BCUT2D eigenvalue weighted by Crippen LogP contribution is 2.41. The summed E-state index contributed by atoms with van der Waals surface area (Å²) in [5.74, 6) is 0. The maximum absolute atomic E-state index is 9.68. The van der Waals surface area contributed by atoms with Crippen LogP contribution in [-0.2, 0) is 0 Å². The van der Waals surface area contributed by atoms with Crippen molar-refractivity contribution in [1.82, 2.24) is 10.3 Å². The Labute approximate surface area is 96.9 Å². The lowest BCUT2D eigenvalue weighted by molar-refractivity contribution is -0.0754. The molecule has 1 aromatic heterocycles. The molecule has 2 N–H and O–H groups in total. The van der Waals surface area contributed by atoms with Crippen LogP contribution >= 0.6 is 0 Å². The van der Waals surface area contributed by atoms with Crippen LogP contribution in [0.4, 0.5) is 0 Å². The SMILES string of the molecule is C[C@@H](NC1CC(O)C1(C)C)c1cccnc1. The smallest absolute Gasteiger partial charge is 0.0621 e. The third-order valence-corrected chi connectivity index (χ3v) is 3.85. The lowest BCUT2D eigenvalue weighted by Crippen LogP contribution is -2.60. The highest BCUT2D eigenvalue weighted by molar-refractivity contribution is 5.14. The topological polar surface area (TPSA) is 45.1 Å². The van der Waals surface area contributed by atoms with Gasteiger partial charge in [-0.1, -0.05) is 19.9 Å². The third-order valence-electron chi connectivity index (χ3n) is 3.85. The summed E-state index contributed by atoms with van der Waals surface area (Å²) in [6.45, 7) is 6.35. The number of hydrogen-bond acceptors (Lipinski definition) is 3. The first-order valence-electron chi connectivity index (χ1n) is 5.86. The van der Waals surface area contributed by atoms with Crippen molar-refractivity contribution >= 4 is 0 Å². The zero-order valence-corrected chi connectivity index (χ0v) is 10.1. The molecule has 1 aromatic rings. The lowest BCUT2D eigenvalue weighted by Gasteiger charge is -2.50. The molecule has 1 aliphatic rings. The predicted molar refractivity (Wildman–Crippen MR) is 64.0 cm³/mol. The van der Waals surface area contributed by atoms with E-state index in [1.54, 1.807) is 6.20 Å². The van der Waals surface area contributed by atoms with Crippen molar-refractivity contribution < 1.29 is 5.11 Å². The van der Waals surface area contributed by atoms with Gasteiger partial charge in [0.2, 0.25) is 0 Å². The Morgan fingerprint density at radius 2 is 2.31 bits per heavy atom. The minimum Gasteiger partial charge on any atom is -0.392 e. The van der Waals surface area contributed by atoms with Crippen molar-refractivity contribution in [1.29, 1.82) is 0 Å². The van der Waals surface area contributed by atoms with E-state index in [0.717, 1.165) is 6.42 Å². The standard InChI is InChI=1S/C13H20N2O/c1-9(10-5-4-6-14-8-10)15-11-7-12(16)13(11,2)3/h4-6,8-9,11-12,15-16H,7H2,1-3H3/t9-,11?,12?/m1/s1. The van der Waals surface area contributed by atoms with Gasteiger partial charge < -0.3 is 10.4 Å². The van der Waals surface area contributed by atoms with Gasteiger partial charge in [0.25, 0.3) is 0 Å². The van der Waals surface area contributed by atoms with Gasteiger partial charge in [-0.25, -0.2) is 0 Å². The average Bonchev–Trinajstić information content (AvgIpc) is 2.29. The minimum atomic E-state index is -0.175. The fraction of sp³-hybridized carbons (Fsp3) is 0.615. The molecular weight excluding hydrogens is 200 g/mol. The molecule has 3 nitrogen and oxygen atoms in total. The molecule has 0 spiro atoms. The Morgan fingerprint density at radius 1 is 1.56 bits per heavy atom. The molecular formula is C13H20N2O. The van der Waals surface area contributed by atoms with Crippen LogP contribution in [0.5, 0.6) is 0 Å². The summed E-state index contributed by atoms with van der Waals surface area (Å²) < 4.78 is 0. The molecule has 3 heteroatoms. The van der Waals surface area contributed by atoms with E-state index in [1.165, 1.54) is 5.56 Å². The summed E-state index contributed by atoms with van der Waals surface area (Å²) in [7, 11) is 0. The highest BCUT2D eigenvalue weighted by atomic mass is 16.3. The molecule has 0 saturated heterocycles. The van der Waals surface area contributed by atoms with Crippen LogP contribution < -0.4 is 5.32 Å². The van der Waals surface area contributed by atoms with E-state index in [4.69, 9.17) is 0 Å². The summed E-state index contributed by atoms with van der Waals surface area (Å²) in [4.78, 5) is 4.12. The molecule has 1 saturated carbocycles. The van der Waals surface area contributed by atoms with E-state index in [2.05, 4.69) is 37.1 Å². The van der Waals surface area contributed by atoms with Gasteiger partial charge in [-0.3, -0.25) is 4.98 Å². The van der Waals surface area contributed by atoms with Crippen LogP contribution in [0.15, 0.2) is 24.5 Å². The van der Waals surface area contributed by atoms with Crippen LogP contribution in [0, 0.1) is 5.41 Å². The Balaban J connectivity index is 1.97. The summed E-state index contributed by atoms with van der Waals surface area (Å²) in [5, 5.41) is 13.2. The van der Waals surface area contributed by atoms with Crippen molar-refractivity contribution in [3.05, 3.63) is 30.1 Å². The molecule has 88 valence electrons. The first-order chi connectivity index (χ1) is 7.51. The number of rotatable bonds is 3. The molecule has 2 rings (SSSR count). The van der Waals surface area contributed by atoms with Gasteiger partial charge in [-0.2, -0.15) is 0 Å². The average molecular weight is 220 g/mol. The number of aliphatic hydroxyl groups excluding tert-OH is 1. The minimum absolute atomic E-state index is 0.0174. The molecule has 0 aliphatic heterocycles. The number of aromatic nitrogens is 1. The number of nitrogens with zero attached hydrogens (tertiary/aromatic N) is 1. The molecule has 3 atom stereocenters. The van der Waals surface area contributed by atoms with E-state index >= 15 is 0 Å². The fourth-order valence-electron chi connectivity index (χ4n) is 2.22. The van der Waals surface area contributed by atoms with E-state index in [1.807, 2.05) is 12.3 Å². The molecule has 16 heavy (non-hydrogen) atoms. The summed E-state index contributed by atoms with van der Waals surface area (Å²) in [6.07, 6.45) is 4.34. The summed E-state index contributed by atoms with van der Waals surface area (Å²) in [5.41, 5.74) is 1.18. The Hall–Kier alpha value is -0.930. The Kier molecular flexibility index (Phi) is 3.00. The molecule has 1 fully saturated rings. The van der Waals surface area contributed by atoms with Crippen molar-refractivity contribution in [2.24, 2.45) is 5.41 Å². The van der Waals surface area contributed by atoms with Crippen LogP contribution in [0.1, 0.15) is 38.8 Å². The fourth-order valence-corrected chi connectivity index (χ4v) is 2.22. The van der Waals surface area contributed by atoms with Crippen molar-refractivity contribution in [2.45, 2.75) is 45.4 Å². The zero-order valence-electron chi connectivity index (χ0n) is 10.1. The monoisotopic (exact) mass is 220 g/mol. The maximum Gasteiger partial charge on any atom is 0.0621 e. The van der Waals surface area contributed by atoms with Crippen molar-refractivity contribution in [2.75, 3.05) is 0 Å². The van der Waals surface area contributed by atoms with Gasteiger partial charge >= 0.3 is 0 Å². The van der Waals surface area contributed by atoms with E-state index in [0.29, 0.717) is 6.04 Å². The molecule has 0 bridgehead atoms. The van der Waals surface area contributed by atoms with E-state index < -0.39 is 0 Å². The van der Waals surface area contributed by atoms with Gasteiger partial charge in [0.05, 0.1) is 6.10 Å². The maximum atomic E-state index is 9.68. The number of nitrogens with one attached hydrogen (secondary N) is 1. The number of aliphatic hydroxyl groups is 1. The van der Waals surface area contributed by atoms with Gasteiger partial charge in [0.15, 0.2) is 0 Å². The van der Waals surface area contributed by atoms with Gasteiger partial charge in [-0.05, 0) is 25.0 Å². The molecule has 1 aliphatic carbocycles. The summed E-state index contributed by atoms with van der Waals surface area (Å²) >= 11 is 0. The Morgan fingerprint density at radius 3 is 2.81 bits per heavy atom. The third kappa shape index (κ3) is 1.97. The van der Waals surface area contributed by atoms with E-state index in [9.17, 15) is 5.11 Å². The van der Waals surface area contributed by atoms with Gasteiger partial charge in [0.1, 0.15) is 0 Å². The van der Waals surface area contributed by atoms with Crippen LogP contribution in [0.3, 0.4) is 0 Å². The first kappa shape index (κ1) is 11.6.